The summed E-state index contributed by atoms with van der Waals surface area (Å²) >= 11 is 0. The maximum atomic E-state index is 13.5. The molecule has 0 fully saturated rings. The van der Waals surface area contributed by atoms with Gasteiger partial charge in [0.2, 0.25) is 0 Å². The summed E-state index contributed by atoms with van der Waals surface area (Å²) in [6.07, 6.45) is -2.99. The Morgan fingerprint density at radius 2 is 1.69 bits per heavy atom. The lowest BCUT2D eigenvalue weighted by Gasteiger charge is -2.24. The van der Waals surface area contributed by atoms with E-state index >= 15 is 0 Å². The van der Waals surface area contributed by atoms with E-state index in [9.17, 15) is 31.9 Å². The quantitative estimate of drug-likeness (QED) is 0.139. The number of aliphatic hydroxyl groups is 1. The zero-order chi connectivity index (χ0) is 29.6. The van der Waals surface area contributed by atoms with Crippen LogP contribution in [-0.4, -0.2) is 59.4 Å². The average Bonchev–Trinajstić information content (AvgIpc) is 2.83. The normalized spacial score (nSPS) is 12.5. The molecule has 1 amide bonds. The number of methoxy groups -OCH3 is 1. The number of aryl methyl sites for hydroxylation is 1. The van der Waals surface area contributed by atoms with Crippen molar-refractivity contribution in [2.45, 2.75) is 50.6 Å². The number of aliphatic hydroxyl groups excluding tert-OH is 1. The van der Waals surface area contributed by atoms with Gasteiger partial charge in [-0.15, -0.1) is 6.58 Å². The molecule has 0 heterocycles. The second-order valence-electron chi connectivity index (χ2n) is 8.35. The molecule has 0 saturated heterocycles. The Morgan fingerprint density at radius 1 is 1.08 bits per heavy atom. The summed E-state index contributed by atoms with van der Waals surface area (Å²) in [6, 6.07) is 7.85. The van der Waals surface area contributed by atoms with E-state index in [-0.39, 0.29) is 18.5 Å². The minimum atomic E-state index is -5.08. The van der Waals surface area contributed by atoms with Crippen molar-refractivity contribution >= 4 is 12.1 Å². The predicted octanol–water partition coefficient (Wildman–Crippen LogP) is 4.44. The molecule has 2 aromatic rings. The van der Waals surface area contributed by atoms with Crippen LogP contribution >= 0.6 is 0 Å². The maximum absolute atomic E-state index is 13.5. The third-order valence-electron chi connectivity index (χ3n) is 5.33. The van der Waals surface area contributed by atoms with Gasteiger partial charge < -0.3 is 30.7 Å². The van der Waals surface area contributed by atoms with E-state index in [1.165, 1.54) is 0 Å². The van der Waals surface area contributed by atoms with Crippen molar-refractivity contribution < 1.29 is 51.6 Å². The number of hydrogen-bond acceptors (Lipinski definition) is 5. The molecule has 0 saturated carbocycles. The van der Waals surface area contributed by atoms with Crippen molar-refractivity contribution in [1.29, 1.82) is 0 Å². The molecule has 2 atom stereocenters. The topological polar surface area (TPSA) is 128 Å². The first-order valence-electron chi connectivity index (χ1n) is 11.7. The summed E-state index contributed by atoms with van der Waals surface area (Å²) in [6.45, 7) is 4.25. The van der Waals surface area contributed by atoms with Crippen LogP contribution in [0.3, 0.4) is 0 Å². The number of rotatable bonds is 13. The van der Waals surface area contributed by atoms with Crippen molar-refractivity contribution in [2.24, 2.45) is 0 Å². The molecule has 0 bridgehead atoms. The molecule has 0 aliphatic heterocycles. The maximum Gasteiger partial charge on any atom is 0.490 e. The molecule has 0 aromatic heterocycles. The van der Waals surface area contributed by atoms with E-state index in [1.807, 2.05) is 24.3 Å². The third-order valence-corrected chi connectivity index (χ3v) is 5.33. The van der Waals surface area contributed by atoms with Crippen LogP contribution in [-0.2, 0) is 24.2 Å². The van der Waals surface area contributed by atoms with Gasteiger partial charge in [-0.05, 0) is 66.6 Å². The van der Waals surface area contributed by atoms with Crippen molar-refractivity contribution in [3.63, 3.8) is 0 Å². The molecule has 39 heavy (non-hydrogen) atoms. The first kappa shape index (κ1) is 33.3. The van der Waals surface area contributed by atoms with E-state index in [0.717, 1.165) is 48.6 Å². The van der Waals surface area contributed by atoms with Crippen molar-refractivity contribution in [3.8, 4) is 5.75 Å². The molecular weight excluding hydrogens is 531 g/mol. The Labute approximate surface area is 222 Å². The van der Waals surface area contributed by atoms with Gasteiger partial charge in [0, 0.05) is 19.2 Å². The summed E-state index contributed by atoms with van der Waals surface area (Å²) in [4.78, 5) is 20.1. The Kier molecular flexibility index (Phi) is 13.9. The van der Waals surface area contributed by atoms with Gasteiger partial charge in [-0.2, -0.15) is 13.2 Å². The predicted molar refractivity (Wildman–Crippen MR) is 133 cm³/mol. The zero-order valence-electron chi connectivity index (χ0n) is 21.1. The Balaban J connectivity index is 0.000000956. The third kappa shape index (κ3) is 13.1. The van der Waals surface area contributed by atoms with Crippen LogP contribution in [0.1, 0.15) is 29.5 Å². The number of ether oxygens (including phenoxy) is 1. The highest BCUT2D eigenvalue weighted by molar-refractivity contribution is 5.73. The largest absolute Gasteiger partial charge is 0.497 e. The van der Waals surface area contributed by atoms with Gasteiger partial charge in [0.15, 0.2) is 0 Å². The zero-order valence-corrected chi connectivity index (χ0v) is 21.1. The first-order valence-corrected chi connectivity index (χ1v) is 11.7. The van der Waals surface area contributed by atoms with Crippen LogP contribution in [0, 0.1) is 11.6 Å². The van der Waals surface area contributed by atoms with Crippen LogP contribution in [0.2, 0.25) is 0 Å². The number of aliphatic carboxylic acids is 1. The van der Waals surface area contributed by atoms with Crippen molar-refractivity contribution in [2.75, 3.05) is 13.7 Å². The lowest BCUT2D eigenvalue weighted by molar-refractivity contribution is -0.192. The summed E-state index contributed by atoms with van der Waals surface area (Å²) < 4.78 is 64.0. The molecule has 0 aliphatic carbocycles. The summed E-state index contributed by atoms with van der Waals surface area (Å²) in [7, 11) is 1.59. The van der Waals surface area contributed by atoms with Gasteiger partial charge in [0.1, 0.15) is 17.4 Å². The highest BCUT2D eigenvalue weighted by atomic mass is 19.4. The van der Waals surface area contributed by atoms with Crippen LogP contribution in [0.4, 0.5) is 26.7 Å². The highest BCUT2D eigenvalue weighted by Gasteiger charge is 2.38. The lowest BCUT2D eigenvalue weighted by Crippen LogP contribution is -2.48. The number of carboxylic acid groups (broad SMARTS) is 2. The fourth-order valence-electron chi connectivity index (χ4n) is 3.50. The van der Waals surface area contributed by atoms with Gasteiger partial charge in [-0.3, -0.25) is 0 Å². The number of allylic oxidation sites excluding steroid dienone is 1. The fourth-order valence-corrected chi connectivity index (χ4v) is 3.50. The Morgan fingerprint density at radius 3 is 2.21 bits per heavy atom. The average molecular weight is 563 g/mol. The minimum Gasteiger partial charge on any atom is -0.497 e. The number of nitrogens with one attached hydrogen (secondary N) is 2. The molecule has 0 aliphatic rings. The molecule has 8 nitrogen and oxygen atoms in total. The van der Waals surface area contributed by atoms with E-state index in [0.29, 0.717) is 12.3 Å². The smallest absolute Gasteiger partial charge is 0.490 e. The standard InChI is InChI=1S/C24H30F2N2O4.C2HF3O2/c1-3-4-5-6-17-7-8-21(32-2)12-18(17)14-27-15-23(29)22(28-24(30)31)11-16-9-19(25)13-20(26)10-16;3-2(4,5)1(6)7/h3,7-10,12-13,22-23,27-29H,1,4-6,11,14-15H2,2H3,(H,30,31);(H,6,7)/t22-,23+;/m0./s1. The van der Waals surface area contributed by atoms with E-state index in [1.54, 1.807) is 7.11 Å². The molecule has 2 aromatic carbocycles. The molecule has 0 radical (unpaired) electrons. The van der Waals surface area contributed by atoms with Crippen LogP contribution < -0.4 is 15.4 Å². The molecule has 5 N–H and O–H groups in total. The van der Waals surface area contributed by atoms with Gasteiger partial charge >= 0.3 is 18.2 Å². The number of unbranched alkanes of at least 4 members (excludes halogenated alkanes) is 1. The summed E-state index contributed by atoms with van der Waals surface area (Å²) in [5, 5.41) is 32.2. The second kappa shape index (κ2) is 16.3. The number of benzene rings is 2. The van der Waals surface area contributed by atoms with E-state index < -0.39 is 42.0 Å². The first-order chi connectivity index (χ1) is 18.3. The van der Waals surface area contributed by atoms with Crippen LogP contribution in [0.15, 0.2) is 49.1 Å². The van der Waals surface area contributed by atoms with E-state index in [4.69, 9.17) is 19.7 Å². The molecule has 2 rings (SSSR count). The Bertz CT molecular complexity index is 1080. The van der Waals surface area contributed by atoms with Crippen molar-refractivity contribution in [3.05, 3.63) is 77.4 Å². The number of hydrogen-bond donors (Lipinski definition) is 5. The van der Waals surface area contributed by atoms with Gasteiger partial charge in [-0.1, -0.05) is 12.1 Å². The monoisotopic (exact) mass is 562 g/mol. The molecule has 216 valence electrons. The molecule has 0 unspecified atom stereocenters. The van der Waals surface area contributed by atoms with Gasteiger partial charge in [0.25, 0.3) is 0 Å². The number of carbonyl (C=O) groups is 2. The number of halogens is 5. The lowest BCUT2D eigenvalue weighted by atomic mass is 10.00. The number of alkyl halides is 3. The number of amides is 1. The summed E-state index contributed by atoms with van der Waals surface area (Å²) in [5.41, 5.74) is 2.40. The van der Waals surface area contributed by atoms with Crippen LogP contribution in [0.5, 0.6) is 5.75 Å². The summed E-state index contributed by atoms with van der Waals surface area (Å²) in [5.74, 6) is -3.56. The highest BCUT2D eigenvalue weighted by Crippen LogP contribution is 2.20. The Hall–Kier alpha value is -3.71. The van der Waals surface area contributed by atoms with Gasteiger partial charge in [0.05, 0.1) is 19.3 Å². The van der Waals surface area contributed by atoms with Crippen LogP contribution in [0.25, 0.3) is 0 Å². The molecular formula is C26H31F5N2O6. The van der Waals surface area contributed by atoms with Gasteiger partial charge in [-0.25, -0.2) is 18.4 Å². The minimum absolute atomic E-state index is 0.0597. The van der Waals surface area contributed by atoms with E-state index in [2.05, 4.69) is 17.2 Å². The fraction of sp³-hybridized carbons (Fsp3) is 0.385. The number of carboxylic acids is 1. The molecule has 13 heteroatoms. The SMILES string of the molecule is C=CCCCc1ccc(OC)cc1CNC[C@@H](O)[C@H](Cc1cc(F)cc(F)c1)NC(=O)O.O=C(O)C(F)(F)F. The molecule has 0 spiro atoms. The van der Waals surface area contributed by atoms with Crippen molar-refractivity contribution in [1.82, 2.24) is 10.6 Å². The second-order valence-corrected chi connectivity index (χ2v) is 8.35.